The molecule has 1 aliphatic rings. The average Bonchev–Trinajstić information content (AvgIpc) is 2.89. The van der Waals surface area contributed by atoms with Gasteiger partial charge in [0, 0.05) is 25.5 Å². The van der Waals surface area contributed by atoms with Crippen LogP contribution < -0.4 is 0 Å². The van der Waals surface area contributed by atoms with Gasteiger partial charge in [-0.25, -0.2) is 4.98 Å². The van der Waals surface area contributed by atoms with Gasteiger partial charge in [0.1, 0.15) is 5.82 Å². The molecule has 0 aliphatic carbocycles. The van der Waals surface area contributed by atoms with Crippen LogP contribution in [0.5, 0.6) is 0 Å². The molecule has 21 heavy (non-hydrogen) atoms. The normalized spacial score (nSPS) is 17.2. The summed E-state index contributed by atoms with van der Waals surface area (Å²) in [6, 6.07) is 8.94. The minimum Gasteiger partial charge on any atom is -0.335 e. The van der Waals surface area contributed by atoms with Crippen molar-refractivity contribution in [2.45, 2.75) is 39.8 Å². The second-order valence-corrected chi connectivity index (χ2v) is 6.33. The number of aromatic nitrogens is 2. The molecule has 1 saturated heterocycles. The van der Waals surface area contributed by atoms with Gasteiger partial charge in [0.2, 0.25) is 0 Å². The van der Waals surface area contributed by atoms with Crippen LogP contribution in [0.3, 0.4) is 0 Å². The maximum absolute atomic E-state index is 4.31. The molecule has 0 spiro atoms. The smallest absolute Gasteiger partial charge is 0.105 e. The molecule has 0 bridgehead atoms. The minimum atomic E-state index is 0.798. The number of benzene rings is 1. The number of rotatable bonds is 4. The van der Waals surface area contributed by atoms with Crippen LogP contribution in [0, 0.1) is 19.8 Å². The highest BCUT2D eigenvalue weighted by Gasteiger charge is 2.19. The Balaban J connectivity index is 1.49. The van der Waals surface area contributed by atoms with Crippen LogP contribution in [0.4, 0.5) is 0 Å². The van der Waals surface area contributed by atoms with Crippen molar-refractivity contribution in [3.05, 3.63) is 53.6 Å². The number of aryl methyl sites for hydroxylation is 2. The standard InChI is InChI=1S/C18H25N3/c1-15-3-5-17(6-4-15)13-20-10-7-18(8-11-20)14-21-12-9-19-16(21)2/h3-6,9,12,18H,7-8,10-11,13-14H2,1-2H3. The highest BCUT2D eigenvalue weighted by atomic mass is 15.1. The summed E-state index contributed by atoms with van der Waals surface area (Å²) in [5.74, 6) is 1.93. The number of piperidine rings is 1. The number of hydrogen-bond acceptors (Lipinski definition) is 2. The highest BCUT2D eigenvalue weighted by molar-refractivity contribution is 5.21. The average molecular weight is 283 g/mol. The van der Waals surface area contributed by atoms with Crippen molar-refractivity contribution in [1.29, 1.82) is 0 Å². The molecule has 0 saturated carbocycles. The van der Waals surface area contributed by atoms with Crippen molar-refractivity contribution in [1.82, 2.24) is 14.5 Å². The molecule has 112 valence electrons. The first-order valence-electron chi connectivity index (χ1n) is 7.96. The molecular weight excluding hydrogens is 258 g/mol. The second-order valence-electron chi connectivity index (χ2n) is 6.33. The monoisotopic (exact) mass is 283 g/mol. The molecule has 0 amide bonds. The van der Waals surface area contributed by atoms with E-state index in [0.29, 0.717) is 0 Å². The fourth-order valence-corrected chi connectivity index (χ4v) is 3.15. The molecule has 1 fully saturated rings. The summed E-state index contributed by atoms with van der Waals surface area (Å²) in [6.07, 6.45) is 6.60. The molecular formula is C18H25N3. The van der Waals surface area contributed by atoms with E-state index in [2.05, 4.69) is 58.8 Å². The molecule has 2 aromatic rings. The van der Waals surface area contributed by atoms with Gasteiger partial charge in [-0.3, -0.25) is 4.90 Å². The first kappa shape index (κ1) is 14.3. The van der Waals surface area contributed by atoms with Gasteiger partial charge in [-0.2, -0.15) is 0 Å². The molecule has 0 N–H and O–H groups in total. The summed E-state index contributed by atoms with van der Waals surface area (Å²) in [5.41, 5.74) is 2.78. The maximum Gasteiger partial charge on any atom is 0.105 e. The van der Waals surface area contributed by atoms with Crippen molar-refractivity contribution in [3.63, 3.8) is 0 Å². The third-order valence-corrected chi connectivity index (χ3v) is 4.61. The van der Waals surface area contributed by atoms with E-state index in [-0.39, 0.29) is 0 Å². The Morgan fingerprint density at radius 3 is 2.43 bits per heavy atom. The van der Waals surface area contributed by atoms with Crippen LogP contribution in [0.2, 0.25) is 0 Å². The van der Waals surface area contributed by atoms with E-state index >= 15 is 0 Å². The summed E-state index contributed by atoms with van der Waals surface area (Å²) < 4.78 is 2.29. The fraction of sp³-hybridized carbons (Fsp3) is 0.500. The van der Waals surface area contributed by atoms with Gasteiger partial charge in [-0.05, 0) is 51.3 Å². The van der Waals surface area contributed by atoms with E-state index in [9.17, 15) is 0 Å². The van der Waals surface area contributed by atoms with E-state index in [4.69, 9.17) is 0 Å². The molecule has 3 rings (SSSR count). The summed E-state index contributed by atoms with van der Waals surface area (Å²) in [7, 11) is 0. The van der Waals surface area contributed by atoms with Crippen LogP contribution in [-0.2, 0) is 13.1 Å². The van der Waals surface area contributed by atoms with Crippen LogP contribution in [0.1, 0.15) is 29.8 Å². The molecule has 0 atom stereocenters. The van der Waals surface area contributed by atoms with Crippen molar-refractivity contribution in [2.75, 3.05) is 13.1 Å². The first-order valence-corrected chi connectivity index (χ1v) is 7.96. The molecule has 0 radical (unpaired) electrons. The molecule has 2 heterocycles. The predicted octanol–water partition coefficient (Wildman–Crippen LogP) is 3.41. The van der Waals surface area contributed by atoms with Crippen molar-refractivity contribution in [3.8, 4) is 0 Å². The first-order chi connectivity index (χ1) is 10.2. The fourth-order valence-electron chi connectivity index (χ4n) is 3.15. The Hall–Kier alpha value is -1.61. The number of likely N-dealkylation sites (tertiary alicyclic amines) is 1. The van der Waals surface area contributed by atoms with E-state index in [1.165, 1.54) is 37.1 Å². The molecule has 3 heteroatoms. The number of nitrogens with zero attached hydrogens (tertiary/aromatic N) is 3. The Morgan fingerprint density at radius 1 is 1.10 bits per heavy atom. The lowest BCUT2D eigenvalue weighted by molar-refractivity contribution is 0.166. The zero-order chi connectivity index (χ0) is 14.7. The Kier molecular flexibility index (Phi) is 4.39. The zero-order valence-corrected chi connectivity index (χ0v) is 13.1. The van der Waals surface area contributed by atoms with E-state index in [1.807, 2.05) is 6.20 Å². The molecule has 0 unspecified atom stereocenters. The van der Waals surface area contributed by atoms with Crippen molar-refractivity contribution < 1.29 is 0 Å². The van der Waals surface area contributed by atoms with Gasteiger partial charge < -0.3 is 4.57 Å². The third kappa shape index (κ3) is 3.73. The van der Waals surface area contributed by atoms with Gasteiger partial charge in [0.15, 0.2) is 0 Å². The van der Waals surface area contributed by atoms with Gasteiger partial charge >= 0.3 is 0 Å². The summed E-state index contributed by atoms with van der Waals surface area (Å²) in [6.45, 7) is 8.89. The summed E-state index contributed by atoms with van der Waals surface area (Å²) in [4.78, 5) is 6.90. The lowest BCUT2D eigenvalue weighted by Gasteiger charge is -2.32. The Labute approximate surface area is 127 Å². The largest absolute Gasteiger partial charge is 0.335 e. The lowest BCUT2D eigenvalue weighted by Crippen LogP contribution is -2.34. The molecule has 1 aliphatic heterocycles. The van der Waals surface area contributed by atoms with Gasteiger partial charge in [-0.15, -0.1) is 0 Å². The van der Waals surface area contributed by atoms with Crippen molar-refractivity contribution in [2.24, 2.45) is 5.92 Å². The minimum absolute atomic E-state index is 0.798. The van der Waals surface area contributed by atoms with E-state index in [0.717, 1.165) is 24.8 Å². The zero-order valence-electron chi connectivity index (χ0n) is 13.1. The highest BCUT2D eigenvalue weighted by Crippen LogP contribution is 2.21. The van der Waals surface area contributed by atoms with Crippen LogP contribution in [0.15, 0.2) is 36.7 Å². The van der Waals surface area contributed by atoms with Crippen LogP contribution >= 0.6 is 0 Å². The van der Waals surface area contributed by atoms with Crippen molar-refractivity contribution >= 4 is 0 Å². The molecule has 3 nitrogen and oxygen atoms in total. The summed E-state index contributed by atoms with van der Waals surface area (Å²) in [5, 5.41) is 0. The number of imidazole rings is 1. The molecule has 1 aromatic heterocycles. The maximum atomic E-state index is 4.31. The lowest BCUT2D eigenvalue weighted by atomic mass is 9.96. The Bertz CT molecular complexity index is 562. The summed E-state index contributed by atoms with van der Waals surface area (Å²) >= 11 is 0. The Morgan fingerprint density at radius 2 is 1.81 bits per heavy atom. The van der Waals surface area contributed by atoms with E-state index in [1.54, 1.807) is 0 Å². The van der Waals surface area contributed by atoms with Crippen LogP contribution in [0.25, 0.3) is 0 Å². The van der Waals surface area contributed by atoms with Gasteiger partial charge in [-0.1, -0.05) is 29.8 Å². The topological polar surface area (TPSA) is 21.1 Å². The third-order valence-electron chi connectivity index (χ3n) is 4.61. The molecule has 1 aromatic carbocycles. The second kappa shape index (κ2) is 6.44. The van der Waals surface area contributed by atoms with Crippen LogP contribution in [-0.4, -0.2) is 27.5 Å². The predicted molar refractivity (Wildman–Crippen MR) is 86.1 cm³/mol. The van der Waals surface area contributed by atoms with E-state index < -0.39 is 0 Å². The van der Waals surface area contributed by atoms with Gasteiger partial charge in [0.25, 0.3) is 0 Å². The number of hydrogen-bond donors (Lipinski definition) is 0. The SMILES string of the molecule is Cc1ccc(CN2CCC(Cn3ccnc3C)CC2)cc1. The van der Waals surface area contributed by atoms with Gasteiger partial charge in [0.05, 0.1) is 0 Å². The quantitative estimate of drug-likeness (QED) is 0.857.